The van der Waals surface area contributed by atoms with E-state index in [0.717, 1.165) is 45.9 Å². The van der Waals surface area contributed by atoms with E-state index in [9.17, 15) is 0 Å². The average molecular weight is 343 g/mol. The first-order valence-corrected chi connectivity index (χ1v) is 8.92. The molecule has 3 rings (SSSR count). The molecule has 0 amide bonds. The minimum absolute atomic E-state index is 0.249. The molecule has 0 unspecified atom stereocenters. The summed E-state index contributed by atoms with van der Waals surface area (Å²) in [4.78, 5) is 2.46. The molecule has 0 bridgehead atoms. The van der Waals surface area contributed by atoms with E-state index in [4.69, 9.17) is 27.9 Å². The predicted octanol–water partition coefficient (Wildman–Crippen LogP) is 3.34. The molecule has 1 saturated carbocycles. The second kappa shape index (κ2) is 7.50. The van der Waals surface area contributed by atoms with Crippen molar-refractivity contribution in [3.8, 4) is 0 Å². The van der Waals surface area contributed by atoms with E-state index in [-0.39, 0.29) is 5.41 Å². The largest absolute Gasteiger partial charge is 0.379 e. The van der Waals surface area contributed by atoms with Crippen LogP contribution in [0, 0.1) is 0 Å². The highest BCUT2D eigenvalue weighted by Gasteiger charge is 2.38. The Balaban J connectivity index is 1.51. The van der Waals surface area contributed by atoms with Gasteiger partial charge in [-0.2, -0.15) is 0 Å². The average Bonchev–Trinajstić information content (AvgIpc) is 2.50. The predicted molar refractivity (Wildman–Crippen MR) is 92.1 cm³/mol. The summed E-state index contributed by atoms with van der Waals surface area (Å²) in [7, 11) is 0. The van der Waals surface area contributed by atoms with Crippen LogP contribution in [0.4, 0.5) is 0 Å². The Bertz CT molecular complexity index is 499. The monoisotopic (exact) mass is 342 g/mol. The summed E-state index contributed by atoms with van der Waals surface area (Å²) < 4.78 is 5.38. The van der Waals surface area contributed by atoms with Crippen LogP contribution >= 0.6 is 23.2 Å². The molecule has 122 valence electrons. The van der Waals surface area contributed by atoms with Crippen LogP contribution in [0.25, 0.3) is 0 Å². The summed E-state index contributed by atoms with van der Waals surface area (Å²) in [5.74, 6) is 0. The van der Waals surface area contributed by atoms with Crippen molar-refractivity contribution in [1.29, 1.82) is 0 Å². The topological polar surface area (TPSA) is 24.5 Å². The third-order valence-corrected chi connectivity index (χ3v) is 5.75. The summed E-state index contributed by atoms with van der Waals surface area (Å²) in [6.07, 6.45) is 3.76. The Kier molecular flexibility index (Phi) is 5.64. The lowest BCUT2D eigenvalue weighted by Gasteiger charge is -2.43. The van der Waals surface area contributed by atoms with Crippen molar-refractivity contribution in [2.45, 2.75) is 24.7 Å². The fourth-order valence-corrected chi connectivity index (χ4v) is 3.68. The molecule has 1 aromatic carbocycles. The van der Waals surface area contributed by atoms with Gasteiger partial charge in [0, 0.05) is 38.1 Å². The number of hydrogen-bond acceptors (Lipinski definition) is 3. The van der Waals surface area contributed by atoms with Crippen LogP contribution in [0.2, 0.25) is 10.0 Å². The van der Waals surface area contributed by atoms with E-state index in [1.807, 2.05) is 12.1 Å². The van der Waals surface area contributed by atoms with E-state index in [1.54, 1.807) is 0 Å². The lowest BCUT2D eigenvalue weighted by atomic mass is 9.64. The first-order valence-electron chi connectivity index (χ1n) is 8.16. The van der Waals surface area contributed by atoms with Gasteiger partial charge in [-0.15, -0.1) is 0 Å². The smallest absolute Gasteiger partial charge is 0.0595 e. The molecule has 3 nitrogen and oxygen atoms in total. The molecule has 0 radical (unpaired) electrons. The van der Waals surface area contributed by atoms with Crippen molar-refractivity contribution in [3.63, 3.8) is 0 Å². The lowest BCUT2D eigenvalue weighted by molar-refractivity contribution is 0.0381. The van der Waals surface area contributed by atoms with Gasteiger partial charge in [0.05, 0.1) is 23.3 Å². The minimum atomic E-state index is 0.249. The maximum atomic E-state index is 6.19. The van der Waals surface area contributed by atoms with Crippen molar-refractivity contribution in [3.05, 3.63) is 33.8 Å². The fraction of sp³-hybridized carbons (Fsp3) is 0.647. The number of hydrogen-bond donors (Lipinski definition) is 1. The van der Waals surface area contributed by atoms with E-state index in [1.165, 1.54) is 24.8 Å². The maximum Gasteiger partial charge on any atom is 0.0595 e. The van der Waals surface area contributed by atoms with Gasteiger partial charge in [-0.05, 0) is 30.5 Å². The molecule has 1 aliphatic carbocycles. The summed E-state index contributed by atoms with van der Waals surface area (Å²) >= 11 is 12.2. The standard InChI is InChI=1S/C17H24Cl2N2O/c18-15-3-2-14(12-16(15)19)17(4-1-5-17)13-20-6-7-21-8-10-22-11-9-21/h2-3,12,20H,1,4-11,13H2. The molecular formula is C17H24Cl2N2O. The molecule has 1 heterocycles. The van der Waals surface area contributed by atoms with E-state index < -0.39 is 0 Å². The zero-order chi connectivity index (χ0) is 15.4. The number of rotatable bonds is 6. The molecule has 2 aliphatic rings. The lowest BCUT2D eigenvalue weighted by Crippen LogP contribution is -2.46. The minimum Gasteiger partial charge on any atom is -0.379 e. The molecule has 1 aromatic rings. The molecule has 0 atom stereocenters. The maximum absolute atomic E-state index is 6.19. The summed E-state index contributed by atoms with van der Waals surface area (Å²) in [6, 6.07) is 6.11. The van der Waals surface area contributed by atoms with Crippen LogP contribution in [0.1, 0.15) is 24.8 Å². The zero-order valence-electron chi connectivity index (χ0n) is 12.9. The Morgan fingerprint density at radius 2 is 1.91 bits per heavy atom. The van der Waals surface area contributed by atoms with Crippen molar-refractivity contribution in [2.75, 3.05) is 45.9 Å². The first-order chi connectivity index (χ1) is 10.7. The highest BCUT2D eigenvalue weighted by Crippen LogP contribution is 2.44. The number of halogens is 2. The number of morpholine rings is 1. The third-order valence-electron chi connectivity index (χ3n) is 5.01. The Hall–Kier alpha value is -0.320. The highest BCUT2D eigenvalue weighted by molar-refractivity contribution is 6.42. The van der Waals surface area contributed by atoms with Gasteiger partial charge in [-0.1, -0.05) is 35.7 Å². The second-order valence-corrected chi connectivity index (χ2v) is 7.21. The van der Waals surface area contributed by atoms with Crippen LogP contribution in [-0.2, 0) is 10.2 Å². The second-order valence-electron chi connectivity index (χ2n) is 6.39. The number of benzene rings is 1. The van der Waals surface area contributed by atoms with Gasteiger partial charge in [-0.25, -0.2) is 0 Å². The first kappa shape index (κ1) is 16.5. The molecule has 1 saturated heterocycles. The van der Waals surface area contributed by atoms with Crippen molar-refractivity contribution in [2.24, 2.45) is 0 Å². The van der Waals surface area contributed by atoms with Crippen molar-refractivity contribution >= 4 is 23.2 Å². The van der Waals surface area contributed by atoms with Gasteiger partial charge in [0.15, 0.2) is 0 Å². The van der Waals surface area contributed by atoms with E-state index in [0.29, 0.717) is 10.0 Å². The zero-order valence-corrected chi connectivity index (χ0v) is 14.4. The van der Waals surface area contributed by atoms with Crippen molar-refractivity contribution < 1.29 is 4.74 Å². The Labute approximate surface area is 142 Å². The summed E-state index contributed by atoms with van der Waals surface area (Å²) in [5, 5.41) is 4.95. The quantitative estimate of drug-likeness (QED) is 0.802. The molecule has 22 heavy (non-hydrogen) atoms. The van der Waals surface area contributed by atoms with Gasteiger partial charge in [0.2, 0.25) is 0 Å². The molecule has 5 heteroatoms. The molecular weight excluding hydrogens is 319 g/mol. The molecule has 1 N–H and O–H groups in total. The number of nitrogens with zero attached hydrogens (tertiary/aromatic N) is 1. The van der Waals surface area contributed by atoms with Gasteiger partial charge in [-0.3, -0.25) is 4.90 Å². The van der Waals surface area contributed by atoms with Crippen LogP contribution in [0.5, 0.6) is 0 Å². The molecule has 2 fully saturated rings. The summed E-state index contributed by atoms with van der Waals surface area (Å²) in [6.45, 7) is 7.00. The van der Waals surface area contributed by atoms with Gasteiger partial charge in [0.25, 0.3) is 0 Å². The van der Waals surface area contributed by atoms with Gasteiger partial charge in [0.1, 0.15) is 0 Å². The van der Waals surface area contributed by atoms with E-state index in [2.05, 4.69) is 16.3 Å². The van der Waals surface area contributed by atoms with Crippen molar-refractivity contribution in [1.82, 2.24) is 10.2 Å². The van der Waals surface area contributed by atoms with Crippen LogP contribution in [0.3, 0.4) is 0 Å². The summed E-state index contributed by atoms with van der Waals surface area (Å²) in [5.41, 5.74) is 1.58. The van der Waals surface area contributed by atoms with Crippen LogP contribution < -0.4 is 5.32 Å². The Morgan fingerprint density at radius 1 is 1.14 bits per heavy atom. The normalized spacial score (nSPS) is 21.5. The Morgan fingerprint density at radius 3 is 2.55 bits per heavy atom. The van der Waals surface area contributed by atoms with E-state index >= 15 is 0 Å². The SMILES string of the molecule is Clc1ccc(C2(CNCCN3CCOCC3)CCC2)cc1Cl. The third kappa shape index (κ3) is 3.77. The fourth-order valence-electron chi connectivity index (χ4n) is 3.39. The molecule has 0 spiro atoms. The van der Waals surface area contributed by atoms with Crippen LogP contribution in [-0.4, -0.2) is 50.8 Å². The highest BCUT2D eigenvalue weighted by atomic mass is 35.5. The number of nitrogens with one attached hydrogen (secondary N) is 1. The molecule has 0 aromatic heterocycles. The van der Waals surface area contributed by atoms with Gasteiger partial charge >= 0.3 is 0 Å². The number of ether oxygens (including phenoxy) is 1. The van der Waals surface area contributed by atoms with Crippen LogP contribution in [0.15, 0.2) is 18.2 Å². The molecule has 1 aliphatic heterocycles. The van der Waals surface area contributed by atoms with Gasteiger partial charge < -0.3 is 10.1 Å².